The largest absolute Gasteiger partial charge is 0.481 e. The van der Waals surface area contributed by atoms with Crippen molar-refractivity contribution in [3.05, 3.63) is 39.7 Å². The molecule has 2 aromatic heterocycles. The molecule has 7 heteroatoms. The van der Waals surface area contributed by atoms with E-state index in [1.165, 1.54) is 17.4 Å². The molecule has 94 valence electrons. The minimum absolute atomic E-state index is 0.116. The number of hydrogen-bond donors (Lipinski definition) is 2. The minimum Gasteiger partial charge on any atom is -0.481 e. The number of aromatic carboxylic acids is 1. The summed E-state index contributed by atoms with van der Waals surface area (Å²) in [5.74, 6) is -1.68. The molecule has 0 atom stereocenters. The number of thiazole rings is 1. The van der Waals surface area contributed by atoms with Gasteiger partial charge in [0, 0.05) is 5.38 Å². The first-order valence-electron chi connectivity index (χ1n) is 5.01. The predicted molar refractivity (Wildman–Crippen MR) is 61.9 cm³/mol. The van der Waals surface area contributed by atoms with Crippen molar-refractivity contribution in [2.45, 2.75) is 12.8 Å². The first kappa shape index (κ1) is 12.3. The van der Waals surface area contributed by atoms with E-state index in [4.69, 9.17) is 14.6 Å². The smallest absolute Gasteiger partial charge is 0.371 e. The summed E-state index contributed by atoms with van der Waals surface area (Å²) in [5.41, 5.74) is 0.493. The standard InChI is InChI=1S/C11H9NO5S/c13-10(14)3-6-5-18-9(12-6)4-7-1-2-8(17-7)11(15)16/h1-2,5H,3-4H2,(H,13,14)(H,15,16). The van der Waals surface area contributed by atoms with Crippen molar-refractivity contribution in [1.82, 2.24) is 4.98 Å². The molecule has 0 aliphatic heterocycles. The van der Waals surface area contributed by atoms with Crippen molar-refractivity contribution >= 4 is 23.3 Å². The second-order valence-corrected chi connectivity index (χ2v) is 4.49. The number of aliphatic carboxylic acids is 1. The number of carboxylic acids is 2. The van der Waals surface area contributed by atoms with Crippen LogP contribution in [0.5, 0.6) is 0 Å². The van der Waals surface area contributed by atoms with Crippen LogP contribution in [0.1, 0.15) is 27.0 Å². The maximum Gasteiger partial charge on any atom is 0.371 e. The van der Waals surface area contributed by atoms with Gasteiger partial charge >= 0.3 is 11.9 Å². The number of aromatic nitrogens is 1. The van der Waals surface area contributed by atoms with E-state index in [2.05, 4.69) is 4.98 Å². The molecule has 2 aromatic rings. The van der Waals surface area contributed by atoms with E-state index in [1.807, 2.05) is 0 Å². The zero-order valence-electron chi connectivity index (χ0n) is 9.12. The fourth-order valence-corrected chi connectivity index (χ4v) is 2.21. The average molecular weight is 267 g/mol. The highest BCUT2D eigenvalue weighted by atomic mass is 32.1. The summed E-state index contributed by atoms with van der Waals surface area (Å²) >= 11 is 1.32. The van der Waals surface area contributed by atoms with E-state index < -0.39 is 11.9 Å². The van der Waals surface area contributed by atoms with Gasteiger partial charge in [-0.3, -0.25) is 4.79 Å². The van der Waals surface area contributed by atoms with Crippen LogP contribution in [0.2, 0.25) is 0 Å². The molecule has 0 aromatic carbocycles. The first-order valence-corrected chi connectivity index (χ1v) is 5.89. The molecule has 0 aliphatic rings. The molecule has 0 saturated carbocycles. The van der Waals surface area contributed by atoms with Crippen molar-refractivity contribution < 1.29 is 24.2 Å². The molecule has 2 rings (SSSR count). The van der Waals surface area contributed by atoms with Gasteiger partial charge in [-0.1, -0.05) is 0 Å². The lowest BCUT2D eigenvalue weighted by Gasteiger charge is -1.92. The second kappa shape index (κ2) is 5.01. The molecular formula is C11H9NO5S. The van der Waals surface area contributed by atoms with Crippen molar-refractivity contribution in [1.29, 1.82) is 0 Å². The highest BCUT2D eigenvalue weighted by Gasteiger charge is 2.11. The zero-order valence-corrected chi connectivity index (χ0v) is 9.94. The van der Waals surface area contributed by atoms with Crippen LogP contribution in [0, 0.1) is 0 Å². The second-order valence-electron chi connectivity index (χ2n) is 3.55. The Kier molecular flexibility index (Phi) is 3.42. The molecule has 2 heterocycles. The zero-order chi connectivity index (χ0) is 13.1. The van der Waals surface area contributed by atoms with Gasteiger partial charge in [-0.05, 0) is 12.1 Å². The Balaban J connectivity index is 2.06. The molecule has 0 unspecified atom stereocenters. The highest BCUT2D eigenvalue weighted by molar-refractivity contribution is 7.09. The van der Waals surface area contributed by atoms with Crippen molar-refractivity contribution in [2.75, 3.05) is 0 Å². The lowest BCUT2D eigenvalue weighted by Crippen LogP contribution is -2.00. The third-order valence-corrected chi connectivity index (χ3v) is 3.03. The van der Waals surface area contributed by atoms with E-state index in [0.717, 1.165) is 0 Å². The summed E-state index contributed by atoms with van der Waals surface area (Å²) in [6.45, 7) is 0. The van der Waals surface area contributed by atoms with Gasteiger partial charge in [-0.25, -0.2) is 9.78 Å². The lowest BCUT2D eigenvalue weighted by atomic mass is 10.3. The number of carbonyl (C=O) groups is 2. The Morgan fingerprint density at radius 1 is 1.33 bits per heavy atom. The van der Waals surface area contributed by atoms with Crippen molar-refractivity contribution in [3.63, 3.8) is 0 Å². The molecule has 2 N–H and O–H groups in total. The van der Waals surface area contributed by atoms with E-state index >= 15 is 0 Å². The van der Waals surface area contributed by atoms with Gasteiger partial charge in [0.1, 0.15) is 10.8 Å². The van der Waals surface area contributed by atoms with Crippen molar-refractivity contribution in [2.24, 2.45) is 0 Å². The van der Waals surface area contributed by atoms with E-state index in [-0.39, 0.29) is 12.2 Å². The fraction of sp³-hybridized carbons (Fsp3) is 0.182. The maximum atomic E-state index is 10.6. The predicted octanol–water partition coefficient (Wildman–Crippen LogP) is 1.65. The fourth-order valence-electron chi connectivity index (χ4n) is 1.40. The summed E-state index contributed by atoms with van der Waals surface area (Å²) in [4.78, 5) is 25.2. The minimum atomic E-state index is -1.12. The van der Waals surface area contributed by atoms with Crippen LogP contribution in [0.3, 0.4) is 0 Å². The summed E-state index contributed by atoms with van der Waals surface area (Å²) in [7, 11) is 0. The van der Waals surface area contributed by atoms with Crippen LogP contribution in [0.4, 0.5) is 0 Å². The number of furan rings is 1. The van der Waals surface area contributed by atoms with Crippen molar-refractivity contribution in [3.8, 4) is 0 Å². The van der Waals surface area contributed by atoms with Gasteiger partial charge in [-0.15, -0.1) is 11.3 Å². The summed E-state index contributed by atoms with van der Waals surface area (Å²) in [6.07, 6.45) is 0.243. The van der Waals surface area contributed by atoms with Gasteiger partial charge in [0.2, 0.25) is 5.76 Å². The van der Waals surface area contributed by atoms with Gasteiger partial charge in [0.15, 0.2) is 0 Å². The topological polar surface area (TPSA) is 101 Å². The number of carboxylic acid groups (broad SMARTS) is 2. The average Bonchev–Trinajstić information content (AvgIpc) is 2.88. The summed E-state index contributed by atoms with van der Waals surface area (Å²) < 4.78 is 5.09. The van der Waals surface area contributed by atoms with Crippen LogP contribution in [-0.2, 0) is 17.6 Å². The van der Waals surface area contributed by atoms with Crippen LogP contribution in [0.15, 0.2) is 21.9 Å². The third-order valence-electron chi connectivity index (χ3n) is 2.13. The number of rotatable bonds is 5. The van der Waals surface area contributed by atoms with E-state index in [9.17, 15) is 9.59 Å². The normalized spacial score (nSPS) is 10.4. The molecule has 0 aliphatic carbocycles. The van der Waals surface area contributed by atoms with Crippen LogP contribution in [0.25, 0.3) is 0 Å². The lowest BCUT2D eigenvalue weighted by molar-refractivity contribution is -0.136. The first-order chi connectivity index (χ1) is 8.54. The Hall–Kier alpha value is -2.15. The Labute approximate surface area is 106 Å². The molecule has 0 saturated heterocycles. The van der Waals surface area contributed by atoms with Crippen LogP contribution in [-0.4, -0.2) is 27.1 Å². The number of hydrogen-bond acceptors (Lipinski definition) is 5. The molecule has 0 radical (unpaired) electrons. The molecule has 0 spiro atoms. The van der Waals surface area contributed by atoms with Crippen LogP contribution < -0.4 is 0 Å². The molecule has 18 heavy (non-hydrogen) atoms. The molecular weight excluding hydrogens is 258 g/mol. The van der Waals surface area contributed by atoms with Crippen LogP contribution >= 0.6 is 11.3 Å². The molecule has 0 bridgehead atoms. The van der Waals surface area contributed by atoms with Gasteiger partial charge < -0.3 is 14.6 Å². The Bertz CT molecular complexity index is 586. The number of nitrogens with zero attached hydrogens (tertiary/aromatic N) is 1. The van der Waals surface area contributed by atoms with Gasteiger partial charge in [-0.2, -0.15) is 0 Å². The highest BCUT2D eigenvalue weighted by Crippen LogP contribution is 2.17. The molecule has 0 fully saturated rings. The van der Waals surface area contributed by atoms with Gasteiger partial charge in [0.25, 0.3) is 0 Å². The quantitative estimate of drug-likeness (QED) is 0.854. The Morgan fingerprint density at radius 2 is 2.11 bits per heavy atom. The third kappa shape index (κ3) is 2.95. The SMILES string of the molecule is O=C(O)Cc1csc(Cc2ccc(C(=O)O)o2)n1. The summed E-state index contributed by atoms with van der Waals surface area (Å²) in [6, 6.07) is 2.95. The molecule has 0 amide bonds. The van der Waals surface area contributed by atoms with E-state index in [1.54, 1.807) is 11.4 Å². The van der Waals surface area contributed by atoms with Gasteiger partial charge in [0.05, 0.1) is 18.5 Å². The van der Waals surface area contributed by atoms with E-state index in [0.29, 0.717) is 22.9 Å². The maximum absolute atomic E-state index is 10.6. The molecule has 6 nitrogen and oxygen atoms in total. The Morgan fingerprint density at radius 3 is 2.72 bits per heavy atom. The summed E-state index contributed by atoms with van der Waals surface area (Å²) in [5, 5.41) is 19.7. The monoisotopic (exact) mass is 267 g/mol.